The van der Waals surface area contributed by atoms with Crippen LogP contribution in [0.15, 0.2) is 66.3 Å². The van der Waals surface area contributed by atoms with E-state index in [1.54, 1.807) is 6.08 Å². The van der Waals surface area contributed by atoms with Gasteiger partial charge in [-0.1, -0.05) is 54.2 Å². The fourth-order valence-corrected chi connectivity index (χ4v) is 4.27. The summed E-state index contributed by atoms with van der Waals surface area (Å²) in [7, 11) is 0. The molecular weight excluding hydrogens is 420 g/mol. The van der Waals surface area contributed by atoms with Crippen molar-refractivity contribution >= 4 is 17.7 Å². The Morgan fingerprint density at radius 2 is 1.84 bits per heavy atom. The zero-order chi connectivity index (χ0) is 23.1. The third-order valence-corrected chi connectivity index (χ3v) is 5.90. The minimum Gasteiger partial charge on any atom is -0.483 e. The number of ether oxygens (including phenoxy) is 1. The maximum Gasteiger partial charge on any atom is 0.230 e. The zero-order valence-electron chi connectivity index (χ0n) is 19.0. The molecular formula is C25H30N4O2S. The summed E-state index contributed by atoms with van der Waals surface area (Å²) in [4.78, 5) is 12.5. The number of rotatable bonds is 10. The number of aromatic nitrogens is 3. The lowest BCUT2D eigenvalue weighted by Crippen LogP contribution is -2.28. The number of carbonyl (C=O) groups is 1. The van der Waals surface area contributed by atoms with Crippen LogP contribution < -0.4 is 10.1 Å². The number of carbonyl (C=O) groups excluding carboxylic acids is 1. The van der Waals surface area contributed by atoms with Crippen LogP contribution >= 0.6 is 11.8 Å². The van der Waals surface area contributed by atoms with Gasteiger partial charge in [-0.05, 0) is 56.5 Å². The maximum atomic E-state index is 12.5. The van der Waals surface area contributed by atoms with Crippen molar-refractivity contribution in [3.8, 4) is 5.75 Å². The molecule has 7 heteroatoms. The molecule has 1 N–H and O–H groups in total. The summed E-state index contributed by atoms with van der Waals surface area (Å²) in [5.41, 5.74) is 3.36. The van der Waals surface area contributed by atoms with Gasteiger partial charge in [0.25, 0.3) is 0 Å². The Balaban J connectivity index is 1.66. The first-order valence-electron chi connectivity index (χ1n) is 10.6. The van der Waals surface area contributed by atoms with Gasteiger partial charge in [-0.2, -0.15) is 0 Å². The molecule has 2 aromatic carbocycles. The Hall–Kier alpha value is -3.06. The monoisotopic (exact) mass is 450 g/mol. The van der Waals surface area contributed by atoms with Crippen molar-refractivity contribution < 1.29 is 9.53 Å². The third kappa shape index (κ3) is 6.23. The SMILES string of the molecule is C=CCn1c(SCC(=O)NC(C)c2ccccc2)nnc1C(C)Oc1cc(C)cc(C)c1. The molecule has 2 atom stereocenters. The number of benzene rings is 2. The molecule has 32 heavy (non-hydrogen) atoms. The van der Waals surface area contributed by atoms with Crippen LogP contribution in [0.5, 0.6) is 5.75 Å². The van der Waals surface area contributed by atoms with E-state index < -0.39 is 0 Å². The van der Waals surface area contributed by atoms with Crippen LogP contribution in [0.4, 0.5) is 0 Å². The molecule has 1 heterocycles. The lowest BCUT2D eigenvalue weighted by Gasteiger charge is -2.17. The minimum absolute atomic E-state index is 0.0550. The van der Waals surface area contributed by atoms with Gasteiger partial charge in [-0.3, -0.25) is 9.36 Å². The second-order valence-electron chi connectivity index (χ2n) is 7.81. The first-order chi connectivity index (χ1) is 15.4. The predicted molar refractivity (Wildman–Crippen MR) is 129 cm³/mol. The summed E-state index contributed by atoms with van der Waals surface area (Å²) in [5.74, 6) is 1.69. The number of hydrogen-bond donors (Lipinski definition) is 1. The number of allylic oxidation sites excluding steroid dienone is 1. The summed E-state index contributed by atoms with van der Waals surface area (Å²) in [6.45, 7) is 12.4. The summed E-state index contributed by atoms with van der Waals surface area (Å²) < 4.78 is 8.09. The highest BCUT2D eigenvalue weighted by atomic mass is 32.2. The van der Waals surface area contributed by atoms with E-state index in [1.165, 1.54) is 11.8 Å². The Labute approximate surface area is 194 Å². The van der Waals surface area contributed by atoms with Gasteiger partial charge in [-0.15, -0.1) is 16.8 Å². The van der Waals surface area contributed by atoms with Crippen LogP contribution in [0, 0.1) is 13.8 Å². The van der Waals surface area contributed by atoms with E-state index in [0.29, 0.717) is 17.5 Å². The van der Waals surface area contributed by atoms with Crippen LogP contribution in [0.2, 0.25) is 0 Å². The maximum absolute atomic E-state index is 12.5. The Kier molecular flexibility index (Phi) is 8.11. The van der Waals surface area contributed by atoms with Crippen molar-refractivity contribution in [3.05, 3.63) is 83.7 Å². The number of aryl methyl sites for hydroxylation is 2. The second-order valence-corrected chi connectivity index (χ2v) is 8.75. The first kappa shape index (κ1) is 23.6. The molecule has 168 valence electrons. The number of nitrogens with one attached hydrogen (secondary N) is 1. The Morgan fingerprint density at radius 3 is 2.50 bits per heavy atom. The molecule has 3 rings (SSSR count). The molecule has 0 spiro atoms. The largest absolute Gasteiger partial charge is 0.483 e. The molecule has 0 fully saturated rings. The first-order valence-corrected chi connectivity index (χ1v) is 11.6. The Bertz CT molecular complexity index is 1040. The van der Waals surface area contributed by atoms with Gasteiger partial charge < -0.3 is 10.1 Å². The number of amides is 1. The molecule has 3 aromatic rings. The quantitative estimate of drug-likeness (QED) is 0.340. The lowest BCUT2D eigenvalue weighted by atomic mass is 10.1. The molecule has 0 saturated heterocycles. The van der Waals surface area contributed by atoms with Crippen LogP contribution in [0.25, 0.3) is 0 Å². The van der Waals surface area contributed by atoms with E-state index in [9.17, 15) is 4.79 Å². The van der Waals surface area contributed by atoms with Gasteiger partial charge in [0.05, 0.1) is 11.8 Å². The highest BCUT2D eigenvalue weighted by Crippen LogP contribution is 2.26. The highest BCUT2D eigenvalue weighted by Gasteiger charge is 2.20. The number of thioether (sulfide) groups is 1. The van der Waals surface area contributed by atoms with Gasteiger partial charge in [0.15, 0.2) is 17.1 Å². The summed E-state index contributed by atoms with van der Waals surface area (Å²) in [6.07, 6.45) is 1.49. The molecule has 1 amide bonds. The molecule has 0 aliphatic heterocycles. The van der Waals surface area contributed by atoms with E-state index in [4.69, 9.17) is 4.74 Å². The Morgan fingerprint density at radius 1 is 1.16 bits per heavy atom. The fraction of sp³-hybridized carbons (Fsp3) is 0.320. The molecule has 2 unspecified atom stereocenters. The van der Waals surface area contributed by atoms with Crippen LogP contribution in [0.1, 0.15) is 48.5 Å². The van der Waals surface area contributed by atoms with Gasteiger partial charge in [0.2, 0.25) is 5.91 Å². The van der Waals surface area contributed by atoms with Crippen molar-refractivity contribution in [1.29, 1.82) is 0 Å². The lowest BCUT2D eigenvalue weighted by molar-refractivity contribution is -0.119. The molecule has 0 aliphatic carbocycles. The van der Waals surface area contributed by atoms with Gasteiger partial charge in [-0.25, -0.2) is 0 Å². The van der Waals surface area contributed by atoms with Crippen molar-refractivity contribution in [2.75, 3.05) is 5.75 Å². The third-order valence-electron chi connectivity index (χ3n) is 4.94. The minimum atomic E-state index is -0.301. The number of hydrogen-bond acceptors (Lipinski definition) is 5. The molecule has 0 saturated carbocycles. The normalized spacial score (nSPS) is 12.8. The predicted octanol–water partition coefficient (Wildman–Crippen LogP) is 5.19. The summed E-state index contributed by atoms with van der Waals surface area (Å²) >= 11 is 1.36. The average molecular weight is 451 g/mol. The summed E-state index contributed by atoms with van der Waals surface area (Å²) in [5, 5.41) is 12.4. The van der Waals surface area contributed by atoms with Crippen LogP contribution in [-0.4, -0.2) is 26.4 Å². The van der Waals surface area contributed by atoms with Crippen molar-refractivity contribution in [3.63, 3.8) is 0 Å². The molecule has 0 bridgehead atoms. The van der Waals surface area contributed by atoms with Gasteiger partial charge in [0.1, 0.15) is 5.75 Å². The average Bonchev–Trinajstić information content (AvgIpc) is 3.15. The zero-order valence-corrected chi connectivity index (χ0v) is 19.9. The van der Waals surface area contributed by atoms with E-state index in [2.05, 4.69) is 28.2 Å². The van der Waals surface area contributed by atoms with E-state index in [0.717, 1.165) is 22.4 Å². The molecule has 6 nitrogen and oxygen atoms in total. The van der Waals surface area contributed by atoms with E-state index in [1.807, 2.05) is 74.7 Å². The highest BCUT2D eigenvalue weighted by molar-refractivity contribution is 7.99. The molecule has 0 radical (unpaired) electrons. The van der Waals surface area contributed by atoms with E-state index >= 15 is 0 Å². The van der Waals surface area contributed by atoms with Crippen LogP contribution in [-0.2, 0) is 11.3 Å². The summed E-state index contributed by atoms with van der Waals surface area (Å²) in [6, 6.07) is 16.0. The topological polar surface area (TPSA) is 69.0 Å². The second kappa shape index (κ2) is 11.0. The van der Waals surface area contributed by atoms with Crippen molar-refractivity contribution in [1.82, 2.24) is 20.1 Å². The van der Waals surface area contributed by atoms with Crippen molar-refractivity contribution in [2.24, 2.45) is 0 Å². The standard InChI is InChI=1S/C25H30N4O2S/c1-6-12-29-24(20(5)31-22-14-17(2)13-18(3)15-22)27-28-25(29)32-16-23(30)26-19(4)21-10-8-7-9-11-21/h6-11,13-15,19-20H,1,12,16H2,2-5H3,(H,26,30). The van der Waals surface area contributed by atoms with Gasteiger partial charge >= 0.3 is 0 Å². The van der Waals surface area contributed by atoms with E-state index in [-0.39, 0.29) is 23.8 Å². The smallest absolute Gasteiger partial charge is 0.230 e. The van der Waals surface area contributed by atoms with Crippen molar-refractivity contribution in [2.45, 2.75) is 51.5 Å². The number of nitrogens with zero attached hydrogens (tertiary/aromatic N) is 3. The molecule has 0 aliphatic rings. The molecule has 1 aromatic heterocycles. The van der Waals surface area contributed by atoms with Gasteiger partial charge in [0, 0.05) is 6.54 Å². The fourth-order valence-electron chi connectivity index (χ4n) is 3.50. The van der Waals surface area contributed by atoms with Crippen LogP contribution in [0.3, 0.4) is 0 Å².